The van der Waals surface area contributed by atoms with Gasteiger partial charge >= 0.3 is 0 Å². The van der Waals surface area contributed by atoms with Crippen molar-refractivity contribution in [2.24, 2.45) is 4.99 Å². The van der Waals surface area contributed by atoms with E-state index in [-0.39, 0.29) is 0 Å². The van der Waals surface area contributed by atoms with Gasteiger partial charge in [0.05, 0.1) is 5.69 Å². The summed E-state index contributed by atoms with van der Waals surface area (Å²) in [4.78, 5) is 14.5. The van der Waals surface area contributed by atoms with E-state index in [1.54, 1.807) is 11.3 Å². The Labute approximate surface area is 63.2 Å². The van der Waals surface area contributed by atoms with Gasteiger partial charge < -0.3 is 0 Å². The van der Waals surface area contributed by atoms with Crippen molar-refractivity contribution in [1.82, 2.24) is 0 Å². The Balaban J connectivity index is 3.22. The number of rotatable bonds is 1. The quantitative estimate of drug-likeness (QED) is 0.449. The topological polar surface area (TPSA) is 29.4 Å². The molecule has 0 bridgehead atoms. The fourth-order valence-electron chi connectivity index (χ4n) is 0.779. The van der Waals surface area contributed by atoms with Crippen molar-refractivity contribution in [3.63, 3.8) is 0 Å². The van der Waals surface area contributed by atoms with E-state index in [9.17, 15) is 4.79 Å². The second-order valence-electron chi connectivity index (χ2n) is 2.03. The van der Waals surface area contributed by atoms with Crippen LogP contribution >= 0.6 is 11.3 Å². The van der Waals surface area contributed by atoms with E-state index in [4.69, 9.17) is 0 Å². The molecule has 1 aromatic rings. The van der Waals surface area contributed by atoms with Gasteiger partial charge in [-0.15, -0.1) is 11.3 Å². The number of thiophene rings is 1. The molecule has 0 fully saturated rings. The highest BCUT2D eigenvalue weighted by molar-refractivity contribution is 7.10. The summed E-state index contributed by atoms with van der Waals surface area (Å²) in [7, 11) is 0. The van der Waals surface area contributed by atoms with E-state index in [0.29, 0.717) is 0 Å². The Hall–Kier alpha value is -0.920. The number of aryl methyl sites for hydroxylation is 2. The van der Waals surface area contributed by atoms with Gasteiger partial charge in [-0.3, -0.25) is 0 Å². The van der Waals surface area contributed by atoms with E-state index in [0.717, 1.165) is 16.1 Å². The molecule has 0 N–H and O–H groups in total. The molecule has 2 nitrogen and oxygen atoms in total. The van der Waals surface area contributed by atoms with Crippen LogP contribution in [0.3, 0.4) is 0 Å². The van der Waals surface area contributed by atoms with Crippen LogP contribution in [0.5, 0.6) is 0 Å². The van der Waals surface area contributed by atoms with Crippen molar-refractivity contribution in [1.29, 1.82) is 0 Å². The Kier molecular flexibility index (Phi) is 2.00. The normalized spacial score (nSPS) is 9.00. The summed E-state index contributed by atoms with van der Waals surface area (Å²) in [6, 6.07) is 0. The smallest absolute Gasteiger partial charge is 0.211 e. The summed E-state index contributed by atoms with van der Waals surface area (Å²) in [5.74, 6) is 0. The van der Waals surface area contributed by atoms with Gasteiger partial charge in [0.1, 0.15) is 0 Å². The zero-order chi connectivity index (χ0) is 7.56. The maximum atomic E-state index is 9.89. The van der Waals surface area contributed by atoms with Crippen LogP contribution in [-0.2, 0) is 4.79 Å². The van der Waals surface area contributed by atoms with E-state index < -0.39 is 0 Å². The van der Waals surface area contributed by atoms with Crippen molar-refractivity contribution < 1.29 is 4.79 Å². The minimum atomic E-state index is 0.778. The van der Waals surface area contributed by atoms with Crippen LogP contribution in [0.25, 0.3) is 0 Å². The Bertz CT molecular complexity index is 264. The van der Waals surface area contributed by atoms with Gasteiger partial charge in [0.2, 0.25) is 6.08 Å². The lowest BCUT2D eigenvalue weighted by atomic mass is 10.3. The number of nitrogens with zero attached hydrogens (tertiary/aromatic N) is 1. The second kappa shape index (κ2) is 2.78. The number of isocyanates is 1. The minimum absolute atomic E-state index is 0.778. The van der Waals surface area contributed by atoms with Crippen LogP contribution in [0.2, 0.25) is 0 Å². The van der Waals surface area contributed by atoms with Crippen molar-refractivity contribution in [3.8, 4) is 0 Å². The maximum Gasteiger partial charge on any atom is 0.240 e. The molecule has 0 saturated carbocycles. The van der Waals surface area contributed by atoms with E-state index in [1.165, 1.54) is 6.08 Å². The molecule has 0 amide bonds. The monoisotopic (exact) mass is 153 g/mol. The lowest BCUT2D eigenvalue weighted by Gasteiger charge is -1.86. The summed E-state index contributed by atoms with van der Waals surface area (Å²) < 4.78 is 0. The van der Waals surface area contributed by atoms with E-state index in [1.807, 2.05) is 19.2 Å². The molecule has 0 atom stereocenters. The highest BCUT2D eigenvalue weighted by Crippen LogP contribution is 2.28. The number of hydrogen-bond acceptors (Lipinski definition) is 3. The fraction of sp³-hybridized carbons (Fsp3) is 0.286. The highest BCUT2D eigenvalue weighted by atomic mass is 32.1. The summed E-state index contributed by atoms with van der Waals surface area (Å²) in [5.41, 5.74) is 1.82. The fourth-order valence-corrected chi connectivity index (χ4v) is 1.56. The molecule has 0 spiro atoms. The van der Waals surface area contributed by atoms with Crippen molar-refractivity contribution >= 4 is 23.1 Å². The number of aliphatic imine (C=N–C) groups is 1. The van der Waals surface area contributed by atoms with Gasteiger partial charge in [-0.1, -0.05) is 0 Å². The highest BCUT2D eigenvalue weighted by Gasteiger charge is 2.01. The van der Waals surface area contributed by atoms with Crippen LogP contribution in [0.1, 0.15) is 10.4 Å². The Morgan fingerprint density at radius 1 is 1.60 bits per heavy atom. The first-order valence-corrected chi connectivity index (χ1v) is 3.76. The summed E-state index contributed by atoms with van der Waals surface area (Å²) in [6.07, 6.45) is 1.53. The van der Waals surface area contributed by atoms with Gasteiger partial charge in [-0.25, -0.2) is 4.79 Å². The number of hydrogen-bond donors (Lipinski definition) is 0. The first kappa shape index (κ1) is 7.19. The molecule has 0 aliphatic rings. The van der Waals surface area contributed by atoms with Gasteiger partial charge in [0.25, 0.3) is 0 Å². The van der Waals surface area contributed by atoms with Crippen LogP contribution in [-0.4, -0.2) is 6.08 Å². The first-order valence-electron chi connectivity index (χ1n) is 2.88. The SMILES string of the molecule is Cc1csc(C)c1N=C=O. The number of carbonyl (C=O) groups excluding carboxylic acids is 1. The molecule has 1 aromatic heterocycles. The molecule has 52 valence electrons. The minimum Gasteiger partial charge on any atom is -0.211 e. The van der Waals surface area contributed by atoms with Gasteiger partial charge in [-0.05, 0) is 24.8 Å². The van der Waals surface area contributed by atoms with E-state index in [2.05, 4.69) is 4.99 Å². The van der Waals surface area contributed by atoms with Gasteiger partial charge in [0, 0.05) is 4.88 Å². The molecule has 0 aliphatic carbocycles. The van der Waals surface area contributed by atoms with Crippen LogP contribution < -0.4 is 0 Å². The third-order valence-electron chi connectivity index (χ3n) is 1.28. The summed E-state index contributed by atoms with van der Waals surface area (Å²) >= 11 is 1.60. The molecule has 10 heavy (non-hydrogen) atoms. The van der Waals surface area contributed by atoms with E-state index >= 15 is 0 Å². The predicted octanol–water partition coefficient (Wildman–Crippen LogP) is 2.33. The van der Waals surface area contributed by atoms with Crippen molar-refractivity contribution in [3.05, 3.63) is 15.8 Å². The van der Waals surface area contributed by atoms with Gasteiger partial charge in [-0.2, -0.15) is 4.99 Å². The van der Waals surface area contributed by atoms with Gasteiger partial charge in [0.15, 0.2) is 0 Å². The standard InChI is InChI=1S/C7H7NOS/c1-5-3-10-6(2)7(5)8-4-9/h3H,1-2H3. The Morgan fingerprint density at radius 3 is 2.70 bits per heavy atom. The molecule has 1 rings (SSSR count). The molecule has 0 saturated heterocycles. The lowest BCUT2D eigenvalue weighted by molar-refractivity contribution is 0.565. The third-order valence-corrected chi connectivity index (χ3v) is 2.30. The Morgan fingerprint density at radius 2 is 2.30 bits per heavy atom. The van der Waals surface area contributed by atoms with Crippen LogP contribution in [0.4, 0.5) is 5.69 Å². The zero-order valence-electron chi connectivity index (χ0n) is 5.84. The summed E-state index contributed by atoms with van der Waals surface area (Å²) in [6.45, 7) is 3.87. The third kappa shape index (κ3) is 1.15. The van der Waals surface area contributed by atoms with Crippen molar-refractivity contribution in [2.45, 2.75) is 13.8 Å². The largest absolute Gasteiger partial charge is 0.240 e. The van der Waals surface area contributed by atoms with Crippen LogP contribution in [0.15, 0.2) is 10.4 Å². The molecule has 0 unspecified atom stereocenters. The first-order chi connectivity index (χ1) is 4.75. The average molecular weight is 153 g/mol. The summed E-state index contributed by atoms with van der Waals surface area (Å²) in [5, 5.41) is 1.98. The molecule has 3 heteroatoms. The average Bonchev–Trinajstić information content (AvgIpc) is 2.20. The second-order valence-corrected chi connectivity index (χ2v) is 3.11. The lowest BCUT2D eigenvalue weighted by Crippen LogP contribution is -1.65. The molecular formula is C7H7NOS. The molecule has 1 heterocycles. The zero-order valence-corrected chi connectivity index (χ0v) is 6.66. The van der Waals surface area contributed by atoms with Crippen LogP contribution in [0, 0.1) is 13.8 Å². The molecule has 0 aliphatic heterocycles. The maximum absolute atomic E-state index is 9.89. The molecule has 0 radical (unpaired) electrons. The molecular weight excluding hydrogens is 146 g/mol. The molecule has 0 aromatic carbocycles. The van der Waals surface area contributed by atoms with Crippen molar-refractivity contribution in [2.75, 3.05) is 0 Å². The predicted molar refractivity (Wildman–Crippen MR) is 41.6 cm³/mol.